The molecule has 0 aliphatic heterocycles. The zero-order valence-electron chi connectivity index (χ0n) is 14.8. The van der Waals surface area contributed by atoms with Crippen LogP contribution in [0.2, 0.25) is 0 Å². The van der Waals surface area contributed by atoms with Gasteiger partial charge < -0.3 is 12.4 Å². The number of rotatable bonds is 13. The first kappa shape index (κ1) is 21.4. The highest BCUT2D eigenvalue weighted by atomic mass is 35.5. The summed E-state index contributed by atoms with van der Waals surface area (Å²) in [6.07, 6.45) is 20.0. The van der Waals surface area contributed by atoms with Gasteiger partial charge in [0.25, 0.3) is 0 Å². The van der Waals surface area contributed by atoms with Crippen molar-refractivity contribution in [3.8, 4) is 0 Å². The smallest absolute Gasteiger partial charge is 0.168 e. The Morgan fingerprint density at radius 2 is 1.27 bits per heavy atom. The van der Waals surface area contributed by atoms with Gasteiger partial charge in [0.2, 0.25) is 0 Å². The Morgan fingerprint density at radius 3 is 1.86 bits per heavy atom. The first-order valence-electron chi connectivity index (χ1n) is 9.27. The fraction of sp³-hybridized carbons (Fsp3) is 0.750. The van der Waals surface area contributed by atoms with Crippen LogP contribution in [-0.2, 0) is 6.54 Å². The molecule has 0 radical (unpaired) electrons. The minimum absolute atomic E-state index is 0. The van der Waals surface area contributed by atoms with Crippen molar-refractivity contribution >= 4 is 0 Å². The van der Waals surface area contributed by atoms with Gasteiger partial charge in [-0.05, 0) is 5.92 Å². The Labute approximate surface area is 144 Å². The second-order valence-corrected chi connectivity index (χ2v) is 6.62. The molecule has 128 valence electrons. The van der Waals surface area contributed by atoms with Gasteiger partial charge in [-0.25, -0.2) is 4.57 Å². The van der Waals surface area contributed by atoms with E-state index in [1.165, 1.54) is 77.2 Å². The topological polar surface area (TPSA) is 3.88 Å². The van der Waals surface area contributed by atoms with E-state index in [0.29, 0.717) is 0 Å². The van der Waals surface area contributed by atoms with Gasteiger partial charge >= 0.3 is 0 Å². The number of pyridine rings is 1. The fourth-order valence-corrected chi connectivity index (χ4v) is 2.90. The Bertz CT molecular complexity index is 326. The van der Waals surface area contributed by atoms with E-state index in [-0.39, 0.29) is 12.4 Å². The molecule has 1 atom stereocenters. The van der Waals surface area contributed by atoms with Crippen molar-refractivity contribution in [3.63, 3.8) is 0 Å². The molecule has 0 fully saturated rings. The predicted molar refractivity (Wildman–Crippen MR) is 92.3 cm³/mol. The van der Waals surface area contributed by atoms with Gasteiger partial charge in [0.05, 0.1) is 0 Å². The third kappa shape index (κ3) is 12.0. The van der Waals surface area contributed by atoms with E-state index >= 15 is 0 Å². The monoisotopic (exact) mass is 325 g/mol. The molecule has 0 spiro atoms. The molecule has 0 aliphatic rings. The summed E-state index contributed by atoms with van der Waals surface area (Å²) in [5.74, 6) is 0.863. The molecule has 0 saturated carbocycles. The molecule has 0 saturated heterocycles. The van der Waals surface area contributed by atoms with Gasteiger partial charge in [0.15, 0.2) is 12.4 Å². The van der Waals surface area contributed by atoms with E-state index in [9.17, 15) is 0 Å². The number of hydrogen-bond donors (Lipinski definition) is 0. The normalized spacial score (nSPS) is 11.9. The zero-order chi connectivity index (χ0) is 15.2. The summed E-state index contributed by atoms with van der Waals surface area (Å²) >= 11 is 0. The molecule has 1 aromatic heterocycles. The zero-order valence-corrected chi connectivity index (χ0v) is 15.5. The largest absolute Gasteiger partial charge is 1.00 e. The minimum atomic E-state index is 0. The molecule has 0 aliphatic carbocycles. The highest BCUT2D eigenvalue weighted by Crippen LogP contribution is 2.15. The van der Waals surface area contributed by atoms with Crippen LogP contribution in [0.25, 0.3) is 0 Å². The van der Waals surface area contributed by atoms with E-state index in [2.05, 4.69) is 49.0 Å². The second kappa shape index (κ2) is 15.3. The van der Waals surface area contributed by atoms with Crippen LogP contribution in [-0.4, -0.2) is 0 Å². The SMILES string of the molecule is CCCCCCCCCCCC(C)CC[n+]1ccccc1.[Cl-]. The lowest BCUT2D eigenvalue weighted by atomic mass is 9.98. The number of halogens is 1. The standard InChI is InChI=1S/C20H36N.ClH/c1-3-4-5-6-7-8-9-10-12-15-20(2)16-19-21-17-13-11-14-18-21;/h11,13-14,17-18,20H,3-10,12,15-16,19H2,1-2H3;1H/q+1;/p-1. The summed E-state index contributed by atoms with van der Waals surface area (Å²) in [6, 6.07) is 6.32. The summed E-state index contributed by atoms with van der Waals surface area (Å²) in [7, 11) is 0. The molecule has 1 heterocycles. The molecule has 1 unspecified atom stereocenters. The number of aromatic nitrogens is 1. The lowest BCUT2D eigenvalue weighted by Crippen LogP contribution is -3.00. The summed E-state index contributed by atoms with van der Waals surface area (Å²) < 4.78 is 2.30. The van der Waals surface area contributed by atoms with E-state index in [1.54, 1.807) is 0 Å². The van der Waals surface area contributed by atoms with Crippen molar-refractivity contribution in [2.24, 2.45) is 5.92 Å². The first-order valence-corrected chi connectivity index (χ1v) is 9.27. The van der Waals surface area contributed by atoms with Crippen LogP contribution in [0.15, 0.2) is 30.6 Å². The van der Waals surface area contributed by atoms with Gasteiger partial charge in [0, 0.05) is 18.6 Å². The maximum absolute atomic E-state index is 2.41. The lowest BCUT2D eigenvalue weighted by molar-refractivity contribution is -0.698. The molecular formula is C20H36ClN. The highest BCUT2D eigenvalue weighted by Gasteiger charge is 2.05. The van der Waals surface area contributed by atoms with Crippen LogP contribution >= 0.6 is 0 Å². The van der Waals surface area contributed by atoms with Crippen LogP contribution in [0.5, 0.6) is 0 Å². The van der Waals surface area contributed by atoms with E-state index in [4.69, 9.17) is 0 Å². The first-order chi connectivity index (χ1) is 10.3. The average molecular weight is 326 g/mol. The quantitative estimate of drug-likeness (QED) is 0.388. The van der Waals surface area contributed by atoms with Gasteiger partial charge in [-0.2, -0.15) is 0 Å². The van der Waals surface area contributed by atoms with E-state index in [1.807, 2.05) is 0 Å². The van der Waals surface area contributed by atoms with E-state index in [0.717, 1.165) is 5.92 Å². The molecule has 2 heteroatoms. The molecular weight excluding hydrogens is 290 g/mol. The Hall–Kier alpha value is -0.560. The third-order valence-corrected chi connectivity index (χ3v) is 4.46. The molecule has 0 bridgehead atoms. The van der Waals surface area contributed by atoms with Gasteiger partial charge in [0.1, 0.15) is 6.54 Å². The molecule has 22 heavy (non-hydrogen) atoms. The van der Waals surface area contributed by atoms with Crippen molar-refractivity contribution in [1.82, 2.24) is 0 Å². The Balaban J connectivity index is 0.00000441. The summed E-state index contributed by atoms with van der Waals surface area (Å²) in [5, 5.41) is 0. The van der Waals surface area contributed by atoms with Crippen molar-refractivity contribution < 1.29 is 17.0 Å². The maximum atomic E-state index is 2.41. The van der Waals surface area contributed by atoms with Crippen LogP contribution < -0.4 is 17.0 Å². The Morgan fingerprint density at radius 1 is 0.727 bits per heavy atom. The lowest BCUT2D eigenvalue weighted by Gasteiger charge is -2.09. The maximum Gasteiger partial charge on any atom is 0.168 e. The van der Waals surface area contributed by atoms with Crippen LogP contribution in [0, 0.1) is 5.92 Å². The average Bonchev–Trinajstić information content (AvgIpc) is 2.52. The predicted octanol–water partition coefficient (Wildman–Crippen LogP) is 2.93. The fourth-order valence-electron chi connectivity index (χ4n) is 2.90. The van der Waals surface area contributed by atoms with Crippen LogP contribution in [0.4, 0.5) is 0 Å². The van der Waals surface area contributed by atoms with Gasteiger partial charge in [-0.15, -0.1) is 0 Å². The van der Waals surface area contributed by atoms with Crippen LogP contribution in [0.3, 0.4) is 0 Å². The van der Waals surface area contributed by atoms with Crippen molar-refractivity contribution in [2.75, 3.05) is 0 Å². The van der Waals surface area contributed by atoms with E-state index < -0.39 is 0 Å². The minimum Gasteiger partial charge on any atom is -1.00 e. The molecule has 1 aromatic rings. The summed E-state index contributed by atoms with van der Waals surface area (Å²) in [5.41, 5.74) is 0. The van der Waals surface area contributed by atoms with Crippen molar-refractivity contribution in [2.45, 2.75) is 91.0 Å². The third-order valence-electron chi connectivity index (χ3n) is 4.46. The number of unbranched alkanes of at least 4 members (excludes halogenated alkanes) is 8. The number of aryl methyl sites for hydroxylation is 1. The molecule has 0 N–H and O–H groups in total. The van der Waals surface area contributed by atoms with Crippen LogP contribution in [0.1, 0.15) is 84.5 Å². The van der Waals surface area contributed by atoms with Crippen molar-refractivity contribution in [3.05, 3.63) is 30.6 Å². The van der Waals surface area contributed by atoms with Gasteiger partial charge in [-0.1, -0.05) is 84.1 Å². The molecule has 1 nitrogen and oxygen atoms in total. The number of hydrogen-bond acceptors (Lipinski definition) is 0. The Kier molecular flexibility index (Phi) is 14.9. The van der Waals surface area contributed by atoms with Crippen molar-refractivity contribution in [1.29, 1.82) is 0 Å². The molecule has 0 amide bonds. The molecule has 1 rings (SSSR count). The van der Waals surface area contributed by atoms with Gasteiger partial charge in [-0.3, -0.25) is 0 Å². The summed E-state index contributed by atoms with van der Waals surface area (Å²) in [4.78, 5) is 0. The summed E-state index contributed by atoms with van der Waals surface area (Å²) in [6.45, 7) is 5.87. The second-order valence-electron chi connectivity index (χ2n) is 6.62. The number of nitrogens with zero attached hydrogens (tertiary/aromatic N) is 1. The molecule has 0 aromatic carbocycles. The highest BCUT2D eigenvalue weighted by molar-refractivity contribution is 4.83.